The summed E-state index contributed by atoms with van der Waals surface area (Å²) in [4.78, 5) is 0. The Morgan fingerprint density at radius 1 is 1.35 bits per heavy atom. The lowest BCUT2D eigenvalue weighted by atomic mass is 9.81. The van der Waals surface area contributed by atoms with Crippen molar-refractivity contribution < 1.29 is 9.84 Å². The summed E-state index contributed by atoms with van der Waals surface area (Å²) < 4.78 is 6.02. The van der Waals surface area contributed by atoms with Crippen LogP contribution in [0, 0.1) is 12.8 Å². The largest absolute Gasteiger partial charge is 0.387 e. The van der Waals surface area contributed by atoms with Crippen molar-refractivity contribution in [3.8, 4) is 0 Å². The lowest BCUT2D eigenvalue weighted by Gasteiger charge is -2.36. The van der Waals surface area contributed by atoms with Crippen LogP contribution in [0.1, 0.15) is 44.7 Å². The van der Waals surface area contributed by atoms with Crippen molar-refractivity contribution in [1.29, 1.82) is 0 Å². The second-order valence-electron chi connectivity index (χ2n) is 6.41. The zero-order valence-electron chi connectivity index (χ0n) is 13.0. The Labute approximate surface area is 122 Å². The second kappa shape index (κ2) is 6.11. The summed E-state index contributed by atoms with van der Waals surface area (Å²) in [5, 5.41) is 10.5. The molecule has 2 nitrogen and oxygen atoms in total. The third kappa shape index (κ3) is 3.50. The molecule has 0 fully saturated rings. The first-order valence-corrected chi connectivity index (χ1v) is 7.49. The summed E-state index contributed by atoms with van der Waals surface area (Å²) in [6.45, 7) is 8.92. The monoisotopic (exact) mass is 274 g/mol. The Hall–Kier alpha value is -1.12. The molecule has 2 heteroatoms. The minimum absolute atomic E-state index is 0.215. The van der Waals surface area contributed by atoms with Crippen LogP contribution in [0.2, 0.25) is 0 Å². The van der Waals surface area contributed by atoms with E-state index in [0.717, 1.165) is 12.8 Å². The summed E-state index contributed by atoms with van der Waals surface area (Å²) in [6, 6.07) is 8.24. The molecule has 2 rings (SSSR count). The molecule has 1 aromatic rings. The zero-order chi connectivity index (χ0) is 14.8. The highest BCUT2D eigenvalue weighted by Crippen LogP contribution is 2.33. The standard InChI is InChI=1S/C18H26O2/c1-13(2)15-9-10-18(4,19)17(11-15)20-12-16-8-6-5-7-14(16)3/h5-8,11,13,17,19H,9-10,12H2,1-4H3/t17-,18+/m0/s1. The third-order valence-corrected chi connectivity index (χ3v) is 4.32. The van der Waals surface area contributed by atoms with Crippen molar-refractivity contribution in [2.45, 2.75) is 58.8 Å². The molecular weight excluding hydrogens is 248 g/mol. The molecule has 0 saturated heterocycles. The van der Waals surface area contributed by atoms with Crippen LogP contribution in [0.5, 0.6) is 0 Å². The molecule has 1 N–H and O–H groups in total. The summed E-state index contributed by atoms with van der Waals surface area (Å²) in [7, 11) is 0. The van der Waals surface area contributed by atoms with E-state index in [1.54, 1.807) is 0 Å². The number of hydrogen-bond acceptors (Lipinski definition) is 2. The molecule has 0 saturated carbocycles. The van der Waals surface area contributed by atoms with E-state index >= 15 is 0 Å². The molecule has 0 radical (unpaired) electrons. The fourth-order valence-corrected chi connectivity index (χ4v) is 2.66. The first-order valence-electron chi connectivity index (χ1n) is 7.49. The van der Waals surface area contributed by atoms with Gasteiger partial charge in [-0.1, -0.05) is 49.8 Å². The maximum atomic E-state index is 10.5. The minimum Gasteiger partial charge on any atom is -0.387 e. The van der Waals surface area contributed by atoms with E-state index in [2.05, 4.69) is 39.0 Å². The van der Waals surface area contributed by atoms with Crippen LogP contribution in [0.3, 0.4) is 0 Å². The van der Waals surface area contributed by atoms with Crippen molar-refractivity contribution in [3.63, 3.8) is 0 Å². The van der Waals surface area contributed by atoms with Gasteiger partial charge in [0, 0.05) is 0 Å². The summed E-state index contributed by atoms with van der Waals surface area (Å²) in [5.74, 6) is 0.524. The first kappa shape index (κ1) is 15.3. The lowest BCUT2D eigenvalue weighted by Crippen LogP contribution is -2.42. The fourth-order valence-electron chi connectivity index (χ4n) is 2.66. The Morgan fingerprint density at radius 3 is 2.70 bits per heavy atom. The van der Waals surface area contributed by atoms with E-state index in [4.69, 9.17) is 4.74 Å². The van der Waals surface area contributed by atoms with Gasteiger partial charge < -0.3 is 9.84 Å². The molecule has 0 unspecified atom stereocenters. The Bertz CT molecular complexity index is 486. The van der Waals surface area contributed by atoms with Crippen molar-refractivity contribution in [1.82, 2.24) is 0 Å². The third-order valence-electron chi connectivity index (χ3n) is 4.32. The smallest absolute Gasteiger partial charge is 0.105 e. The zero-order valence-corrected chi connectivity index (χ0v) is 13.0. The average molecular weight is 274 g/mol. The molecule has 0 bridgehead atoms. The molecule has 0 heterocycles. The van der Waals surface area contributed by atoms with Gasteiger partial charge in [0.1, 0.15) is 6.10 Å². The molecule has 1 aliphatic carbocycles. The van der Waals surface area contributed by atoms with Gasteiger partial charge in [-0.2, -0.15) is 0 Å². The van der Waals surface area contributed by atoms with Gasteiger partial charge in [0.15, 0.2) is 0 Å². The van der Waals surface area contributed by atoms with Crippen molar-refractivity contribution in [2.75, 3.05) is 0 Å². The van der Waals surface area contributed by atoms with Crippen LogP contribution in [0.4, 0.5) is 0 Å². The first-order chi connectivity index (χ1) is 9.40. The Morgan fingerprint density at radius 2 is 2.05 bits per heavy atom. The number of rotatable bonds is 4. The van der Waals surface area contributed by atoms with Gasteiger partial charge in [0.05, 0.1) is 12.2 Å². The predicted octanol–water partition coefficient (Wildman–Crippen LogP) is 4.01. The minimum atomic E-state index is -0.763. The van der Waals surface area contributed by atoms with Gasteiger partial charge in [-0.3, -0.25) is 0 Å². The molecule has 1 aromatic carbocycles. The highest BCUT2D eigenvalue weighted by Gasteiger charge is 2.35. The number of aryl methyl sites for hydroxylation is 1. The number of ether oxygens (including phenoxy) is 1. The predicted molar refractivity (Wildman–Crippen MR) is 82.5 cm³/mol. The molecule has 0 aliphatic heterocycles. The normalized spacial score (nSPS) is 26.7. The lowest BCUT2D eigenvalue weighted by molar-refractivity contribution is -0.0906. The van der Waals surface area contributed by atoms with Crippen LogP contribution in [0.25, 0.3) is 0 Å². The van der Waals surface area contributed by atoms with Crippen LogP contribution < -0.4 is 0 Å². The summed E-state index contributed by atoms with van der Waals surface area (Å²) in [6.07, 6.45) is 3.66. The van der Waals surface area contributed by atoms with E-state index in [0.29, 0.717) is 12.5 Å². The topological polar surface area (TPSA) is 29.5 Å². The average Bonchev–Trinajstić information content (AvgIpc) is 2.38. The van der Waals surface area contributed by atoms with Gasteiger partial charge in [-0.05, 0) is 43.7 Å². The van der Waals surface area contributed by atoms with E-state index in [1.165, 1.54) is 16.7 Å². The number of hydrogen-bond donors (Lipinski definition) is 1. The number of allylic oxidation sites excluding steroid dienone is 1. The molecule has 0 amide bonds. The SMILES string of the molecule is Cc1ccccc1CO[C@H]1C=C(C(C)C)CC[C@@]1(C)O. The fraction of sp³-hybridized carbons (Fsp3) is 0.556. The van der Waals surface area contributed by atoms with Crippen molar-refractivity contribution >= 4 is 0 Å². The molecule has 2 atom stereocenters. The number of aliphatic hydroxyl groups is 1. The van der Waals surface area contributed by atoms with Crippen LogP contribution >= 0.6 is 0 Å². The Kier molecular flexibility index (Phi) is 4.66. The van der Waals surface area contributed by atoms with Gasteiger partial charge in [0.25, 0.3) is 0 Å². The van der Waals surface area contributed by atoms with Crippen molar-refractivity contribution in [3.05, 3.63) is 47.0 Å². The van der Waals surface area contributed by atoms with E-state index in [9.17, 15) is 5.11 Å². The number of benzene rings is 1. The molecule has 110 valence electrons. The van der Waals surface area contributed by atoms with E-state index < -0.39 is 5.60 Å². The quantitative estimate of drug-likeness (QED) is 0.841. The van der Waals surface area contributed by atoms with E-state index in [1.807, 2.05) is 19.1 Å². The highest BCUT2D eigenvalue weighted by atomic mass is 16.5. The maximum Gasteiger partial charge on any atom is 0.105 e. The molecule has 0 spiro atoms. The van der Waals surface area contributed by atoms with Crippen LogP contribution in [0.15, 0.2) is 35.9 Å². The van der Waals surface area contributed by atoms with Crippen molar-refractivity contribution in [2.24, 2.45) is 5.92 Å². The molecule has 1 aliphatic rings. The highest BCUT2D eigenvalue weighted by molar-refractivity contribution is 5.25. The summed E-state index contributed by atoms with van der Waals surface area (Å²) in [5.41, 5.74) is 3.05. The molecule has 20 heavy (non-hydrogen) atoms. The second-order valence-corrected chi connectivity index (χ2v) is 6.41. The maximum absolute atomic E-state index is 10.5. The van der Waals surface area contributed by atoms with Crippen LogP contribution in [-0.2, 0) is 11.3 Å². The molecular formula is C18H26O2. The van der Waals surface area contributed by atoms with Gasteiger partial charge in [-0.15, -0.1) is 0 Å². The van der Waals surface area contributed by atoms with Gasteiger partial charge in [-0.25, -0.2) is 0 Å². The Balaban J connectivity index is 2.10. The van der Waals surface area contributed by atoms with E-state index in [-0.39, 0.29) is 6.10 Å². The summed E-state index contributed by atoms with van der Waals surface area (Å²) >= 11 is 0. The van der Waals surface area contributed by atoms with Gasteiger partial charge >= 0.3 is 0 Å². The molecule has 0 aromatic heterocycles. The van der Waals surface area contributed by atoms with Crippen LogP contribution in [-0.4, -0.2) is 16.8 Å². The van der Waals surface area contributed by atoms with Gasteiger partial charge in [0.2, 0.25) is 0 Å².